The Labute approximate surface area is 79.3 Å². The second-order valence-electron chi connectivity index (χ2n) is 2.98. The molecule has 0 atom stereocenters. The molecule has 0 saturated carbocycles. The second-order valence-corrected chi connectivity index (χ2v) is 2.98. The van der Waals surface area contributed by atoms with Gasteiger partial charge in [0.2, 0.25) is 0 Å². The standard InChI is InChI=1S/C8H11F3N2O/c1-6-4-7(14-13-6)5-12-3-2-8(9,10)11/h4,12H,2-3,5H2,1H3. The average molecular weight is 208 g/mol. The lowest BCUT2D eigenvalue weighted by Crippen LogP contribution is -2.21. The van der Waals surface area contributed by atoms with Gasteiger partial charge in [-0.05, 0) is 6.92 Å². The summed E-state index contributed by atoms with van der Waals surface area (Å²) in [7, 11) is 0. The summed E-state index contributed by atoms with van der Waals surface area (Å²) in [6, 6.07) is 1.68. The van der Waals surface area contributed by atoms with Crippen molar-refractivity contribution in [3.63, 3.8) is 0 Å². The predicted molar refractivity (Wildman–Crippen MR) is 43.6 cm³/mol. The predicted octanol–water partition coefficient (Wildman–Crippen LogP) is 2.03. The minimum Gasteiger partial charge on any atom is -0.360 e. The lowest BCUT2D eigenvalue weighted by molar-refractivity contribution is -0.133. The van der Waals surface area contributed by atoms with Crippen molar-refractivity contribution < 1.29 is 17.7 Å². The first-order valence-electron chi connectivity index (χ1n) is 4.17. The number of halogens is 3. The molecule has 1 heterocycles. The quantitative estimate of drug-likeness (QED) is 0.769. The van der Waals surface area contributed by atoms with Gasteiger partial charge in [0.25, 0.3) is 0 Å². The van der Waals surface area contributed by atoms with E-state index in [1.165, 1.54) is 0 Å². The molecule has 0 amide bonds. The fourth-order valence-electron chi connectivity index (χ4n) is 0.941. The fourth-order valence-corrected chi connectivity index (χ4v) is 0.941. The highest BCUT2D eigenvalue weighted by atomic mass is 19.4. The zero-order valence-electron chi connectivity index (χ0n) is 7.69. The van der Waals surface area contributed by atoms with Crippen LogP contribution in [0.2, 0.25) is 0 Å². The zero-order chi connectivity index (χ0) is 10.6. The Morgan fingerprint density at radius 1 is 1.50 bits per heavy atom. The van der Waals surface area contributed by atoms with Gasteiger partial charge in [0.15, 0.2) is 5.76 Å². The number of aromatic nitrogens is 1. The van der Waals surface area contributed by atoms with Crippen LogP contribution in [0.5, 0.6) is 0 Å². The Balaban J connectivity index is 2.16. The molecule has 0 aliphatic rings. The van der Waals surface area contributed by atoms with Crippen molar-refractivity contribution in [2.75, 3.05) is 6.54 Å². The van der Waals surface area contributed by atoms with E-state index >= 15 is 0 Å². The van der Waals surface area contributed by atoms with Crippen LogP contribution >= 0.6 is 0 Å². The van der Waals surface area contributed by atoms with Crippen molar-refractivity contribution in [3.8, 4) is 0 Å². The summed E-state index contributed by atoms with van der Waals surface area (Å²) < 4.78 is 39.9. The van der Waals surface area contributed by atoms with Gasteiger partial charge in [-0.1, -0.05) is 5.16 Å². The molecular formula is C8H11F3N2O. The van der Waals surface area contributed by atoms with Gasteiger partial charge in [-0.15, -0.1) is 0 Å². The molecule has 0 spiro atoms. The molecule has 0 aliphatic carbocycles. The third-order valence-corrected chi connectivity index (χ3v) is 1.56. The number of rotatable bonds is 4. The molecular weight excluding hydrogens is 197 g/mol. The Morgan fingerprint density at radius 3 is 2.71 bits per heavy atom. The fraction of sp³-hybridized carbons (Fsp3) is 0.625. The van der Waals surface area contributed by atoms with Crippen LogP contribution in [0.25, 0.3) is 0 Å². The first-order valence-corrected chi connectivity index (χ1v) is 4.17. The van der Waals surface area contributed by atoms with Crippen LogP contribution in [-0.4, -0.2) is 17.9 Å². The van der Waals surface area contributed by atoms with E-state index in [1.807, 2.05) is 0 Å². The van der Waals surface area contributed by atoms with Crippen LogP contribution in [0.4, 0.5) is 13.2 Å². The number of nitrogens with one attached hydrogen (secondary N) is 1. The molecule has 0 radical (unpaired) electrons. The topological polar surface area (TPSA) is 38.1 Å². The van der Waals surface area contributed by atoms with Crippen molar-refractivity contribution in [1.82, 2.24) is 10.5 Å². The van der Waals surface area contributed by atoms with Gasteiger partial charge in [0.1, 0.15) is 0 Å². The van der Waals surface area contributed by atoms with Crippen molar-refractivity contribution in [1.29, 1.82) is 0 Å². The van der Waals surface area contributed by atoms with E-state index in [0.717, 1.165) is 5.69 Å². The number of hydrogen-bond donors (Lipinski definition) is 1. The number of alkyl halides is 3. The van der Waals surface area contributed by atoms with Crippen LogP contribution in [0.1, 0.15) is 17.9 Å². The molecule has 3 nitrogen and oxygen atoms in total. The first-order chi connectivity index (χ1) is 6.47. The molecule has 80 valence electrons. The summed E-state index contributed by atoms with van der Waals surface area (Å²) >= 11 is 0. The van der Waals surface area contributed by atoms with E-state index in [9.17, 15) is 13.2 Å². The summed E-state index contributed by atoms with van der Waals surface area (Å²) in [5, 5.41) is 6.22. The lowest BCUT2D eigenvalue weighted by Gasteiger charge is -2.05. The molecule has 14 heavy (non-hydrogen) atoms. The van der Waals surface area contributed by atoms with Crippen LogP contribution < -0.4 is 5.32 Å². The summed E-state index contributed by atoms with van der Waals surface area (Å²) in [5.41, 5.74) is 0.720. The highest BCUT2D eigenvalue weighted by Gasteiger charge is 2.25. The van der Waals surface area contributed by atoms with E-state index in [2.05, 4.69) is 10.5 Å². The van der Waals surface area contributed by atoms with Crippen molar-refractivity contribution in [2.45, 2.75) is 26.1 Å². The molecule has 0 fully saturated rings. The van der Waals surface area contributed by atoms with Gasteiger partial charge in [0, 0.05) is 12.6 Å². The normalized spacial score (nSPS) is 12.0. The van der Waals surface area contributed by atoms with Crippen LogP contribution in [-0.2, 0) is 6.54 Å². The van der Waals surface area contributed by atoms with Crippen molar-refractivity contribution in [2.24, 2.45) is 0 Å². The maximum atomic E-state index is 11.7. The lowest BCUT2D eigenvalue weighted by atomic mass is 10.3. The molecule has 0 aliphatic heterocycles. The van der Waals surface area contributed by atoms with E-state index in [-0.39, 0.29) is 13.1 Å². The number of hydrogen-bond acceptors (Lipinski definition) is 3. The highest BCUT2D eigenvalue weighted by Crippen LogP contribution is 2.18. The first kappa shape index (κ1) is 11.0. The van der Waals surface area contributed by atoms with Gasteiger partial charge in [-0.3, -0.25) is 0 Å². The van der Waals surface area contributed by atoms with E-state index in [1.54, 1.807) is 13.0 Å². The van der Waals surface area contributed by atoms with Crippen molar-refractivity contribution >= 4 is 0 Å². The molecule has 6 heteroatoms. The largest absolute Gasteiger partial charge is 0.390 e. The third-order valence-electron chi connectivity index (χ3n) is 1.56. The van der Waals surface area contributed by atoms with Gasteiger partial charge >= 0.3 is 6.18 Å². The molecule has 1 aromatic heterocycles. The maximum absolute atomic E-state index is 11.7. The number of nitrogens with zero attached hydrogens (tertiary/aromatic N) is 1. The third kappa shape index (κ3) is 4.27. The molecule has 0 aromatic carbocycles. The minimum atomic E-state index is -4.11. The molecule has 1 N–H and O–H groups in total. The van der Waals surface area contributed by atoms with Gasteiger partial charge in [0.05, 0.1) is 18.7 Å². The Morgan fingerprint density at radius 2 is 2.21 bits per heavy atom. The van der Waals surface area contributed by atoms with E-state index in [4.69, 9.17) is 4.52 Å². The van der Waals surface area contributed by atoms with E-state index in [0.29, 0.717) is 5.76 Å². The Kier molecular flexibility index (Phi) is 3.51. The summed E-state index contributed by atoms with van der Waals surface area (Å²) in [4.78, 5) is 0. The van der Waals surface area contributed by atoms with Gasteiger partial charge in [-0.2, -0.15) is 13.2 Å². The summed E-state index contributed by atoms with van der Waals surface area (Å²) in [6.45, 7) is 1.92. The molecule has 0 bridgehead atoms. The van der Waals surface area contributed by atoms with Crippen LogP contribution in [0, 0.1) is 6.92 Å². The van der Waals surface area contributed by atoms with Crippen LogP contribution in [0.15, 0.2) is 10.6 Å². The number of aryl methyl sites for hydroxylation is 1. The SMILES string of the molecule is Cc1cc(CNCCC(F)(F)F)on1. The minimum absolute atomic E-state index is 0.108. The summed E-state index contributed by atoms with van der Waals surface area (Å²) in [6.07, 6.45) is -4.94. The van der Waals surface area contributed by atoms with Gasteiger partial charge < -0.3 is 9.84 Å². The Hall–Kier alpha value is -1.04. The van der Waals surface area contributed by atoms with Crippen LogP contribution in [0.3, 0.4) is 0 Å². The molecule has 0 saturated heterocycles. The van der Waals surface area contributed by atoms with Gasteiger partial charge in [-0.25, -0.2) is 0 Å². The van der Waals surface area contributed by atoms with E-state index < -0.39 is 12.6 Å². The Bertz CT molecular complexity index is 282. The van der Waals surface area contributed by atoms with Crippen molar-refractivity contribution in [3.05, 3.63) is 17.5 Å². The maximum Gasteiger partial charge on any atom is 0.390 e. The monoisotopic (exact) mass is 208 g/mol. The molecule has 1 aromatic rings. The molecule has 0 unspecified atom stereocenters. The second kappa shape index (κ2) is 4.45. The zero-order valence-corrected chi connectivity index (χ0v) is 7.69. The summed E-state index contributed by atoms with van der Waals surface area (Å²) in [5.74, 6) is 0.546. The molecule has 1 rings (SSSR count). The average Bonchev–Trinajstić information content (AvgIpc) is 2.44. The highest BCUT2D eigenvalue weighted by molar-refractivity contribution is 5.02. The smallest absolute Gasteiger partial charge is 0.360 e.